The van der Waals surface area contributed by atoms with Crippen LogP contribution in [0.3, 0.4) is 0 Å². The van der Waals surface area contributed by atoms with Crippen molar-refractivity contribution in [3.63, 3.8) is 0 Å². The number of hydrogen-bond donors (Lipinski definition) is 0. The zero-order valence-corrected chi connectivity index (χ0v) is 23.7. The van der Waals surface area contributed by atoms with Crippen LogP contribution in [0.15, 0.2) is 78.9 Å². The van der Waals surface area contributed by atoms with Crippen LogP contribution >= 0.6 is 0 Å². The van der Waals surface area contributed by atoms with Crippen molar-refractivity contribution >= 4 is 18.0 Å². The van der Waals surface area contributed by atoms with Gasteiger partial charge in [0.2, 0.25) is 0 Å². The van der Waals surface area contributed by atoms with E-state index >= 15 is 0 Å². The average molecular weight is 527 g/mol. The van der Waals surface area contributed by atoms with E-state index in [0.717, 1.165) is 23.1 Å². The van der Waals surface area contributed by atoms with Crippen molar-refractivity contribution in [3.05, 3.63) is 95.6 Å². The summed E-state index contributed by atoms with van der Waals surface area (Å²) in [6.45, 7) is 5.91. The number of hydrogen-bond acceptors (Lipinski definition) is 4. The molecule has 0 aliphatic heterocycles. The van der Waals surface area contributed by atoms with Crippen LogP contribution < -0.4 is 4.74 Å². The quantitative estimate of drug-likeness (QED) is 0.0857. The lowest BCUT2D eigenvalue weighted by Crippen LogP contribution is -2.11. The van der Waals surface area contributed by atoms with Crippen molar-refractivity contribution < 1.29 is 19.1 Å². The summed E-state index contributed by atoms with van der Waals surface area (Å²) in [5.41, 5.74) is 4.75. The maximum atomic E-state index is 12.3. The predicted octanol–water partition coefficient (Wildman–Crippen LogP) is 9.22. The molecule has 0 heterocycles. The van der Waals surface area contributed by atoms with Crippen LogP contribution in [-0.4, -0.2) is 18.0 Å². The van der Waals surface area contributed by atoms with E-state index in [-0.39, 0.29) is 12.1 Å². The van der Waals surface area contributed by atoms with Gasteiger partial charge in [0.1, 0.15) is 5.75 Å². The Morgan fingerprint density at radius 2 is 1.28 bits per heavy atom. The first-order valence-corrected chi connectivity index (χ1v) is 14.3. The molecular weight excluding hydrogens is 484 g/mol. The lowest BCUT2D eigenvalue weighted by molar-refractivity contribution is -0.128. The summed E-state index contributed by atoms with van der Waals surface area (Å²) in [4.78, 5) is 24.3. The first-order chi connectivity index (χ1) is 18.9. The Labute approximate surface area is 234 Å². The number of esters is 2. The highest BCUT2D eigenvalue weighted by atomic mass is 16.5. The molecule has 4 heteroatoms. The van der Waals surface area contributed by atoms with E-state index in [1.165, 1.54) is 63.0 Å². The fraction of sp³-hybridized carbons (Fsp3) is 0.371. The minimum atomic E-state index is -0.418. The molecule has 0 aliphatic rings. The van der Waals surface area contributed by atoms with E-state index < -0.39 is 5.97 Å². The molecule has 3 aromatic rings. The number of ether oxygens (including phenoxy) is 2. The van der Waals surface area contributed by atoms with Gasteiger partial charge in [-0.3, -0.25) is 0 Å². The highest BCUT2D eigenvalue weighted by Crippen LogP contribution is 2.23. The van der Waals surface area contributed by atoms with Gasteiger partial charge in [-0.1, -0.05) is 100 Å². The van der Waals surface area contributed by atoms with Gasteiger partial charge in [0.25, 0.3) is 0 Å². The molecule has 0 spiro atoms. The van der Waals surface area contributed by atoms with Crippen molar-refractivity contribution in [3.8, 4) is 16.9 Å². The normalized spacial score (nSPS) is 11.2. The highest BCUT2D eigenvalue weighted by Gasteiger charge is 2.09. The van der Waals surface area contributed by atoms with Crippen molar-refractivity contribution in [1.82, 2.24) is 0 Å². The third-order valence-corrected chi connectivity index (χ3v) is 6.58. The van der Waals surface area contributed by atoms with Crippen molar-refractivity contribution in [1.29, 1.82) is 0 Å². The van der Waals surface area contributed by atoms with Crippen molar-refractivity contribution in [2.75, 3.05) is 0 Å². The SMILES string of the molecule is CCCCCCCCCCc1ccc(/C=C/C(=O)Oc2ccc(-c3ccc(C(=O)OC(C)C)cc3)cc2)cc1. The molecule has 0 N–H and O–H groups in total. The molecule has 0 saturated carbocycles. The summed E-state index contributed by atoms with van der Waals surface area (Å²) in [5.74, 6) is -0.272. The van der Waals surface area contributed by atoms with Crippen LogP contribution in [0.5, 0.6) is 5.75 Å². The number of carbonyl (C=O) groups is 2. The highest BCUT2D eigenvalue weighted by molar-refractivity contribution is 5.90. The smallest absolute Gasteiger partial charge is 0.338 e. The van der Waals surface area contributed by atoms with Crippen LogP contribution in [0.2, 0.25) is 0 Å². The van der Waals surface area contributed by atoms with Gasteiger partial charge in [0.05, 0.1) is 11.7 Å². The van der Waals surface area contributed by atoms with E-state index in [1.807, 2.05) is 50.2 Å². The second kappa shape index (κ2) is 16.3. The van der Waals surface area contributed by atoms with E-state index in [9.17, 15) is 9.59 Å². The molecule has 39 heavy (non-hydrogen) atoms. The van der Waals surface area contributed by atoms with Crippen LogP contribution in [0.25, 0.3) is 17.2 Å². The van der Waals surface area contributed by atoms with Crippen LogP contribution in [0.4, 0.5) is 0 Å². The van der Waals surface area contributed by atoms with Crippen LogP contribution in [-0.2, 0) is 16.0 Å². The zero-order valence-electron chi connectivity index (χ0n) is 23.7. The number of rotatable bonds is 15. The first kappa shape index (κ1) is 29.9. The van der Waals surface area contributed by atoms with E-state index in [1.54, 1.807) is 30.3 Å². The number of aryl methyl sites for hydroxylation is 1. The minimum Gasteiger partial charge on any atom is -0.459 e. The van der Waals surface area contributed by atoms with Gasteiger partial charge in [-0.2, -0.15) is 0 Å². The Hall–Kier alpha value is -3.66. The largest absolute Gasteiger partial charge is 0.459 e. The summed E-state index contributed by atoms with van der Waals surface area (Å²) in [6, 6.07) is 22.9. The van der Waals surface area contributed by atoms with Gasteiger partial charge >= 0.3 is 11.9 Å². The van der Waals surface area contributed by atoms with Gasteiger partial charge in [0.15, 0.2) is 0 Å². The molecule has 0 bridgehead atoms. The fourth-order valence-corrected chi connectivity index (χ4v) is 4.37. The molecule has 0 fully saturated rings. The summed E-state index contributed by atoms with van der Waals surface area (Å²) in [7, 11) is 0. The van der Waals surface area contributed by atoms with Gasteiger partial charge in [0, 0.05) is 6.08 Å². The Kier molecular flexibility index (Phi) is 12.5. The molecule has 206 valence electrons. The molecule has 0 saturated heterocycles. The summed E-state index contributed by atoms with van der Waals surface area (Å²) < 4.78 is 10.7. The summed E-state index contributed by atoms with van der Waals surface area (Å²) in [6.07, 6.45) is 14.8. The Balaban J connectivity index is 1.42. The van der Waals surface area contributed by atoms with Gasteiger partial charge in [-0.15, -0.1) is 0 Å². The first-order valence-electron chi connectivity index (χ1n) is 14.3. The monoisotopic (exact) mass is 526 g/mol. The maximum Gasteiger partial charge on any atom is 0.338 e. The fourth-order valence-electron chi connectivity index (χ4n) is 4.37. The molecule has 3 rings (SSSR count). The number of benzene rings is 3. The Morgan fingerprint density at radius 1 is 0.718 bits per heavy atom. The second-order valence-electron chi connectivity index (χ2n) is 10.3. The summed E-state index contributed by atoms with van der Waals surface area (Å²) >= 11 is 0. The van der Waals surface area contributed by atoms with Gasteiger partial charge < -0.3 is 9.47 Å². The molecule has 0 unspecified atom stereocenters. The third-order valence-electron chi connectivity index (χ3n) is 6.58. The Bertz CT molecular complexity index is 1170. The van der Waals surface area contributed by atoms with Crippen molar-refractivity contribution in [2.45, 2.75) is 84.7 Å². The van der Waals surface area contributed by atoms with E-state index in [2.05, 4.69) is 19.1 Å². The van der Waals surface area contributed by atoms with Gasteiger partial charge in [-0.05, 0) is 79.3 Å². The summed E-state index contributed by atoms with van der Waals surface area (Å²) in [5, 5.41) is 0. The molecule has 0 radical (unpaired) electrons. The Morgan fingerprint density at radius 3 is 1.87 bits per heavy atom. The zero-order chi connectivity index (χ0) is 27.9. The van der Waals surface area contributed by atoms with Crippen molar-refractivity contribution in [2.24, 2.45) is 0 Å². The molecular formula is C35H42O4. The molecule has 0 atom stereocenters. The molecule has 0 aromatic heterocycles. The number of carbonyl (C=O) groups excluding carboxylic acids is 2. The standard InChI is InChI=1S/C35H42O4/c1-4-5-6-7-8-9-10-11-12-28-13-15-29(16-14-28)17-26-34(36)39-33-24-22-31(23-25-33)30-18-20-32(21-19-30)35(37)38-27(2)3/h13-27H,4-12H2,1-3H3/b26-17+. The topological polar surface area (TPSA) is 52.6 Å². The minimum absolute atomic E-state index is 0.155. The lowest BCUT2D eigenvalue weighted by Gasteiger charge is -2.09. The van der Waals surface area contributed by atoms with E-state index in [4.69, 9.17) is 9.47 Å². The average Bonchev–Trinajstić information content (AvgIpc) is 2.94. The van der Waals surface area contributed by atoms with Crippen LogP contribution in [0, 0.1) is 0 Å². The van der Waals surface area contributed by atoms with Crippen LogP contribution in [0.1, 0.15) is 93.6 Å². The molecule has 0 amide bonds. The van der Waals surface area contributed by atoms with Gasteiger partial charge in [-0.25, -0.2) is 9.59 Å². The molecule has 3 aromatic carbocycles. The number of unbranched alkanes of at least 4 members (excludes halogenated alkanes) is 7. The van der Waals surface area contributed by atoms with E-state index in [0.29, 0.717) is 11.3 Å². The molecule has 0 aliphatic carbocycles. The predicted molar refractivity (Wildman–Crippen MR) is 160 cm³/mol. The lowest BCUT2D eigenvalue weighted by atomic mass is 10.0. The molecule has 4 nitrogen and oxygen atoms in total. The second-order valence-corrected chi connectivity index (χ2v) is 10.3. The maximum absolute atomic E-state index is 12.3. The third kappa shape index (κ3) is 10.9.